The standard InChI is InChI=1S/C15H26N2O3/c1-4-6-16-13(2)14-5-7-17-15(12-14)20-11-10-19-9-8-18-3/h5,7,12-13,16H,4,6,8-11H2,1-3H3. The van der Waals surface area contributed by atoms with E-state index in [4.69, 9.17) is 14.2 Å². The molecule has 114 valence electrons. The normalized spacial score (nSPS) is 12.3. The molecule has 1 heterocycles. The lowest BCUT2D eigenvalue weighted by Gasteiger charge is -2.14. The highest BCUT2D eigenvalue weighted by molar-refractivity contribution is 5.23. The first-order valence-electron chi connectivity index (χ1n) is 7.16. The van der Waals surface area contributed by atoms with Crippen molar-refractivity contribution in [2.24, 2.45) is 0 Å². The van der Waals surface area contributed by atoms with E-state index < -0.39 is 0 Å². The van der Waals surface area contributed by atoms with Crippen molar-refractivity contribution in [1.82, 2.24) is 10.3 Å². The fourth-order valence-electron chi connectivity index (χ4n) is 1.70. The van der Waals surface area contributed by atoms with Crippen molar-refractivity contribution >= 4 is 0 Å². The van der Waals surface area contributed by atoms with Crippen molar-refractivity contribution in [3.63, 3.8) is 0 Å². The molecule has 1 N–H and O–H groups in total. The maximum Gasteiger partial charge on any atom is 0.213 e. The maximum absolute atomic E-state index is 5.58. The molecule has 1 atom stereocenters. The number of rotatable bonds is 11. The van der Waals surface area contributed by atoms with Crippen LogP contribution in [0.4, 0.5) is 0 Å². The van der Waals surface area contributed by atoms with Crippen molar-refractivity contribution in [1.29, 1.82) is 0 Å². The van der Waals surface area contributed by atoms with E-state index in [1.807, 2.05) is 12.1 Å². The van der Waals surface area contributed by atoms with Gasteiger partial charge in [0.25, 0.3) is 0 Å². The number of hydrogen-bond donors (Lipinski definition) is 1. The molecule has 0 aliphatic rings. The number of aromatic nitrogens is 1. The van der Waals surface area contributed by atoms with Gasteiger partial charge in [0.1, 0.15) is 6.61 Å². The smallest absolute Gasteiger partial charge is 0.213 e. The number of nitrogens with one attached hydrogen (secondary N) is 1. The number of hydrogen-bond acceptors (Lipinski definition) is 5. The summed E-state index contributed by atoms with van der Waals surface area (Å²) in [6, 6.07) is 4.29. The molecular weight excluding hydrogens is 256 g/mol. The fourth-order valence-corrected chi connectivity index (χ4v) is 1.70. The Balaban J connectivity index is 2.32. The number of nitrogens with zero attached hydrogens (tertiary/aromatic N) is 1. The second-order valence-corrected chi connectivity index (χ2v) is 4.56. The predicted octanol–water partition coefficient (Wildman–Crippen LogP) is 2.18. The molecule has 0 aliphatic heterocycles. The number of methoxy groups -OCH3 is 1. The molecule has 1 aromatic heterocycles. The topological polar surface area (TPSA) is 52.6 Å². The molecule has 0 aromatic carbocycles. The summed E-state index contributed by atoms with van der Waals surface area (Å²) < 4.78 is 15.8. The van der Waals surface area contributed by atoms with Gasteiger partial charge in [-0.2, -0.15) is 0 Å². The van der Waals surface area contributed by atoms with E-state index in [9.17, 15) is 0 Å². The van der Waals surface area contributed by atoms with Crippen LogP contribution in [-0.2, 0) is 9.47 Å². The van der Waals surface area contributed by atoms with Crippen LogP contribution in [0.25, 0.3) is 0 Å². The highest BCUT2D eigenvalue weighted by Crippen LogP contribution is 2.16. The molecule has 1 aromatic rings. The molecule has 0 fully saturated rings. The molecule has 0 saturated carbocycles. The average Bonchev–Trinajstić information content (AvgIpc) is 2.48. The zero-order chi connectivity index (χ0) is 14.6. The third kappa shape index (κ3) is 6.84. The zero-order valence-corrected chi connectivity index (χ0v) is 12.7. The third-order valence-electron chi connectivity index (χ3n) is 2.87. The van der Waals surface area contributed by atoms with Gasteiger partial charge in [0.05, 0.1) is 19.8 Å². The van der Waals surface area contributed by atoms with E-state index in [1.165, 1.54) is 5.56 Å². The summed E-state index contributed by atoms with van der Waals surface area (Å²) in [5, 5.41) is 3.44. The summed E-state index contributed by atoms with van der Waals surface area (Å²) in [5.41, 5.74) is 1.18. The van der Waals surface area contributed by atoms with Crippen molar-refractivity contribution in [3.8, 4) is 5.88 Å². The van der Waals surface area contributed by atoms with Crippen molar-refractivity contribution in [3.05, 3.63) is 23.9 Å². The summed E-state index contributed by atoms with van der Waals surface area (Å²) in [4.78, 5) is 4.21. The van der Waals surface area contributed by atoms with Crippen LogP contribution in [0.15, 0.2) is 18.3 Å². The van der Waals surface area contributed by atoms with E-state index in [2.05, 4.69) is 24.1 Å². The molecule has 1 unspecified atom stereocenters. The molecule has 0 radical (unpaired) electrons. The average molecular weight is 282 g/mol. The summed E-state index contributed by atoms with van der Waals surface area (Å²) in [6.45, 7) is 7.54. The van der Waals surface area contributed by atoms with Gasteiger partial charge in [-0.3, -0.25) is 0 Å². The van der Waals surface area contributed by atoms with Gasteiger partial charge >= 0.3 is 0 Å². The number of pyridine rings is 1. The van der Waals surface area contributed by atoms with E-state index in [1.54, 1.807) is 13.3 Å². The number of ether oxygens (including phenoxy) is 3. The van der Waals surface area contributed by atoms with Gasteiger partial charge in [-0.1, -0.05) is 6.92 Å². The van der Waals surface area contributed by atoms with Gasteiger partial charge in [-0.25, -0.2) is 4.98 Å². The highest BCUT2D eigenvalue weighted by Gasteiger charge is 2.06. The van der Waals surface area contributed by atoms with Crippen LogP contribution in [0.3, 0.4) is 0 Å². The van der Waals surface area contributed by atoms with Gasteiger partial charge in [-0.15, -0.1) is 0 Å². The first-order valence-corrected chi connectivity index (χ1v) is 7.16. The second-order valence-electron chi connectivity index (χ2n) is 4.56. The Kier molecular flexibility index (Phi) is 8.95. The van der Waals surface area contributed by atoms with Crippen LogP contribution in [0.1, 0.15) is 31.9 Å². The molecule has 0 bridgehead atoms. The highest BCUT2D eigenvalue weighted by atomic mass is 16.5. The zero-order valence-electron chi connectivity index (χ0n) is 12.7. The van der Waals surface area contributed by atoms with Gasteiger partial charge in [0.2, 0.25) is 5.88 Å². The van der Waals surface area contributed by atoms with Crippen molar-refractivity contribution in [2.75, 3.05) is 40.1 Å². The Bertz CT molecular complexity index is 361. The largest absolute Gasteiger partial charge is 0.475 e. The van der Waals surface area contributed by atoms with Gasteiger partial charge in [0, 0.05) is 25.4 Å². The maximum atomic E-state index is 5.58. The molecule has 20 heavy (non-hydrogen) atoms. The monoisotopic (exact) mass is 282 g/mol. The Morgan fingerprint density at radius 1 is 1.25 bits per heavy atom. The minimum absolute atomic E-state index is 0.304. The molecule has 5 heteroatoms. The van der Waals surface area contributed by atoms with Gasteiger partial charge in [-0.05, 0) is 31.5 Å². The summed E-state index contributed by atoms with van der Waals surface area (Å²) >= 11 is 0. The van der Waals surface area contributed by atoms with Crippen molar-refractivity contribution in [2.45, 2.75) is 26.3 Å². The van der Waals surface area contributed by atoms with Crippen LogP contribution in [0.5, 0.6) is 5.88 Å². The van der Waals surface area contributed by atoms with Crippen LogP contribution in [-0.4, -0.2) is 45.1 Å². The Labute approximate surface area is 121 Å². The molecule has 0 saturated heterocycles. The SMILES string of the molecule is CCCNC(C)c1ccnc(OCCOCCOC)c1. The first kappa shape index (κ1) is 16.9. The molecule has 0 spiro atoms. The van der Waals surface area contributed by atoms with E-state index in [0.717, 1.165) is 13.0 Å². The van der Waals surface area contributed by atoms with E-state index >= 15 is 0 Å². The quantitative estimate of drug-likeness (QED) is 0.630. The Morgan fingerprint density at radius 3 is 2.80 bits per heavy atom. The summed E-state index contributed by atoms with van der Waals surface area (Å²) in [5.74, 6) is 0.642. The summed E-state index contributed by atoms with van der Waals surface area (Å²) in [6.07, 6.45) is 2.90. The van der Waals surface area contributed by atoms with E-state index in [-0.39, 0.29) is 0 Å². The fraction of sp³-hybridized carbons (Fsp3) is 0.667. The second kappa shape index (κ2) is 10.6. The van der Waals surface area contributed by atoms with E-state index in [0.29, 0.717) is 38.3 Å². The summed E-state index contributed by atoms with van der Waals surface area (Å²) in [7, 11) is 1.66. The molecular formula is C15H26N2O3. The lowest BCUT2D eigenvalue weighted by molar-refractivity contribution is 0.0536. The third-order valence-corrected chi connectivity index (χ3v) is 2.87. The van der Waals surface area contributed by atoms with Crippen LogP contribution in [0.2, 0.25) is 0 Å². The Hall–Kier alpha value is -1.17. The van der Waals surface area contributed by atoms with Crippen molar-refractivity contribution < 1.29 is 14.2 Å². The van der Waals surface area contributed by atoms with Crippen LogP contribution in [0, 0.1) is 0 Å². The minimum Gasteiger partial charge on any atom is -0.475 e. The lowest BCUT2D eigenvalue weighted by atomic mass is 10.1. The first-order chi connectivity index (χ1) is 9.77. The minimum atomic E-state index is 0.304. The molecule has 5 nitrogen and oxygen atoms in total. The van der Waals surface area contributed by atoms with Crippen LogP contribution >= 0.6 is 0 Å². The molecule has 1 rings (SSSR count). The molecule has 0 amide bonds. The van der Waals surface area contributed by atoms with Gasteiger partial charge in [0.15, 0.2) is 0 Å². The van der Waals surface area contributed by atoms with Gasteiger partial charge < -0.3 is 19.5 Å². The lowest BCUT2D eigenvalue weighted by Crippen LogP contribution is -2.19. The van der Waals surface area contributed by atoms with Crippen LogP contribution < -0.4 is 10.1 Å². The Morgan fingerprint density at radius 2 is 2.05 bits per heavy atom. The molecule has 0 aliphatic carbocycles. The predicted molar refractivity (Wildman–Crippen MR) is 79.1 cm³/mol.